The molecule has 1 N–H and O–H groups in total. The highest BCUT2D eigenvalue weighted by Gasteiger charge is 2.06. The van der Waals surface area contributed by atoms with Gasteiger partial charge in [0.25, 0.3) is 5.91 Å². The number of benzene rings is 2. The summed E-state index contributed by atoms with van der Waals surface area (Å²) in [5, 5.41) is 2.85. The van der Waals surface area contributed by atoms with Gasteiger partial charge in [0.2, 0.25) is 0 Å². The van der Waals surface area contributed by atoms with Crippen LogP contribution in [-0.4, -0.2) is 18.3 Å². The maximum absolute atomic E-state index is 11.9. The van der Waals surface area contributed by atoms with Gasteiger partial charge in [-0.25, -0.2) is 0 Å². The second-order valence-electron chi connectivity index (χ2n) is 5.80. The minimum atomic E-state index is -0.177. The molecule has 126 valence electrons. The van der Waals surface area contributed by atoms with Crippen molar-refractivity contribution >= 4 is 11.7 Å². The molecule has 0 fully saturated rings. The molecule has 0 aromatic heterocycles. The molecule has 0 aliphatic carbocycles. The molecule has 0 aliphatic rings. The molecule has 0 heterocycles. The van der Waals surface area contributed by atoms with Crippen LogP contribution in [0.15, 0.2) is 42.5 Å². The molecule has 4 heteroatoms. The predicted octanol–water partition coefficient (Wildman–Crippen LogP) is 3.59. The first-order chi connectivity index (χ1) is 11.5. The van der Waals surface area contributed by atoms with E-state index in [2.05, 4.69) is 11.4 Å². The Labute approximate surface area is 142 Å². The van der Waals surface area contributed by atoms with Gasteiger partial charge < -0.3 is 10.1 Å². The molecule has 2 aromatic carbocycles. The summed E-state index contributed by atoms with van der Waals surface area (Å²) in [6.45, 7) is 6.34. The van der Waals surface area contributed by atoms with Crippen LogP contribution in [0.5, 0.6) is 5.75 Å². The summed E-state index contributed by atoms with van der Waals surface area (Å²) in [7, 11) is 0. The van der Waals surface area contributed by atoms with Crippen molar-refractivity contribution in [2.24, 2.45) is 0 Å². The van der Waals surface area contributed by atoms with Gasteiger partial charge in [-0.05, 0) is 49.2 Å². The average molecular weight is 325 g/mol. The fraction of sp³-hybridized carbons (Fsp3) is 0.300. The van der Waals surface area contributed by atoms with Crippen molar-refractivity contribution in [2.45, 2.75) is 33.7 Å². The summed E-state index contributed by atoms with van der Waals surface area (Å²) in [6.07, 6.45) is 0.473. The maximum Gasteiger partial charge on any atom is 0.258 e. The maximum atomic E-state index is 11.9. The summed E-state index contributed by atoms with van der Waals surface area (Å²) in [5.74, 6) is 0.487. The van der Waals surface area contributed by atoms with Crippen LogP contribution in [0.25, 0.3) is 0 Å². The monoisotopic (exact) mass is 325 g/mol. The lowest BCUT2D eigenvalue weighted by Crippen LogP contribution is -2.28. The molecule has 0 unspecified atom stereocenters. The van der Waals surface area contributed by atoms with Crippen LogP contribution < -0.4 is 10.1 Å². The lowest BCUT2D eigenvalue weighted by Gasteiger charge is -2.10. The van der Waals surface area contributed by atoms with E-state index in [1.165, 1.54) is 5.56 Å². The van der Waals surface area contributed by atoms with Crippen LogP contribution >= 0.6 is 0 Å². The summed E-state index contributed by atoms with van der Waals surface area (Å²) in [4.78, 5) is 23.5. The molecule has 2 aromatic rings. The Morgan fingerprint density at radius 2 is 1.75 bits per heavy atom. The van der Waals surface area contributed by atoms with Gasteiger partial charge in [-0.15, -0.1) is 0 Å². The van der Waals surface area contributed by atoms with E-state index in [1.807, 2.05) is 32.9 Å². The van der Waals surface area contributed by atoms with Gasteiger partial charge in [0, 0.05) is 18.5 Å². The smallest absolute Gasteiger partial charge is 0.258 e. The number of ketones is 1. The normalized spacial score (nSPS) is 10.3. The van der Waals surface area contributed by atoms with E-state index in [9.17, 15) is 9.59 Å². The van der Waals surface area contributed by atoms with Crippen LogP contribution in [0.2, 0.25) is 0 Å². The van der Waals surface area contributed by atoms with Gasteiger partial charge in [0.1, 0.15) is 5.75 Å². The second-order valence-corrected chi connectivity index (χ2v) is 5.80. The van der Waals surface area contributed by atoms with Crippen molar-refractivity contribution in [3.05, 3.63) is 64.7 Å². The van der Waals surface area contributed by atoms with Crippen LogP contribution in [0.1, 0.15) is 40.4 Å². The molecule has 0 saturated carbocycles. The second kappa shape index (κ2) is 8.29. The number of hydrogen-bond acceptors (Lipinski definition) is 3. The van der Waals surface area contributed by atoms with Gasteiger partial charge in [-0.3, -0.25) is 9.59 Å². The highest BCUT2D eigenvalue weighted by Crippen LogP contribution is 2.13. The number of carbonyl (C=O) groups is 2. The minimum absolute atomic E-state index is 0.0496. The predicted molar refractivity (Wildman–Crippen MR) is 94.3 cm³/mol. The van der Waals surface area contributed by atoms with Gasteiger partial charge in [-0.2, -0.15) is 0 Å². The van der Waals surface area contributed by atoms with Crippen molar-refractivity contribution in [3.8, 4) is 5.75 Å². The standard InChI is InChI=1S/C20H23NO3/c1-4-19(22)16-7-9-18(10-8-16)24-13-20(23)21-12-17-6-5-14(2)11-15(17)3/h5-11H,4,12-13H2,1-3H3,(H,21,23). The molecule has 2 rings (SSSR count). The van der Waals surface area contributed by atoms with Crippen molar-refractivity contribution in [1.82, 2.24) is 5.32 Å². The first kappa shape index (κ1) is 17.7. The first-order valence-electron chi connectivity index (χ1n) is 8.08. The Balaban J connectivity index is 1.81. The Bertz CT molecular complexity index is 720. The number of amides is 1. The molecule has 24 heavy (non-hydrogen) atoms. The van der Waals surface area contributed by atoms with E-state index in [0.29, 0.717) is 24.3 Å². The summed E-state index contributed by atoms with van der Waals surface area (Å²) < 4.78 is 5.45. The molecule has 4 nitrogen and oxygen atoms in total. The Kier molecular flexibility index (Phi) is 6.13. The van der Waals surface area contributed by atoms with Gasteiger partial charge in [0.15, 0.2) is 12.4 Å². The van der Waals surface area contributed by atoms with Crippen LogP contribution in [-0.2, 0) is 11.3 Å². The zero-order chi connectivity index (χ0) is 17.5. The molecular weight excluding hydrogens is 302 g/mol. The van der Waals surface area contributed by atoms with Crippen molar-refractivity contribution < 1.29 is 14.3 Å². The molecule has 0 bridgehead atoms. The largest absolute Gasteiger partial charge is 0.484 e. The van der Waals surface area contributed by atoms with Crippen molar-refractivity contribution in [2.75, 3.05) is 6.61 Å². The number of nitrogens with one attached hydrogen (secondary N) is 1. The first-order valence-corrected chi connectivity index (χ1v) is 8.08. The van der Waals surface area contributed by atoms with Crippen molar-refractivity contribution in [1.29, 1.82) is 0 Å². The molecule has 0 aliphatic heterocycles. The Morgan fingerprint density at radius 1 is 1.04 bits per heavy atom. The van der Waals surface area contributed by atoms with Crippen LogP contribution in [0.3, 0.4) is 0 Å². The number of hydrogen-bond donors (Lipinski definition) is 1. The third-order valence-electron chi connectivity index (χ3n) is 3.84. The zero-order valence-electron chi connectivity index (χ0n) is 14.4. The fourth-order valence-electron chi connectivity index (χ4n) is 2.38. The van der Waals surface area contributed by atoms with E-state index in [4.69, 9.17) is 4.74 Å². The van der Waals surface area contributed by atoms with Crippen LogP contribution in [0.4, 0.5) is 0 Å². The topological polar surface area (TPSA) is 55.4 Å². The van der Waals surface area contributed by atoms with E-state index in [0.717, 1.165) is 11.1 Å². The quantitative estimate of drug-likeness (QED) is 0.792. The SMILES string of the molecule is CCC(=O)c1ccc(OCC(=O)NCc2ccc(C)cc2C)cc1. The number of rotatable bonds is 7. The van der Waals surface area contributed by atoms with E-state index in [-0.39, 0.29) is 18.3 Å². The van der Waals surface area contributed by atoms with E-state index in [1.54, 1.807) is 24.3 Å². The third kappa shape index (κ3) is 4.95. The highest BCUT2D eigenvalue weighted by atomic mass is 16.5. The molecule has 1 amide bonds. The van der Waals surface area contributed by atoms with Gasteiger partial charge in [0.05, 0.1) is 0 Å². The highest BCUT2D eigenvalue weighted by molar-refractivity contribution is 5.95. The number of Topliss-reactive ketones (excluding diaryl/α,β-unsaturated/α-hetero) is 1. The zero-order valence-corrected chi connectivity index (χ0v) is 14.4. The molecule has 0 atom stereocenters. The van der Waals surface area contributed by atoms with E-state index < -0.39 is 0 Å². The summed E-state index contributed by atoms with van der Waals surface area (Å²) >= 11 is 0. The number of ether oxygens (including phenoxy) is 1. The number of aryl methyl sites for hydroxylation is 2. The van der Waals surface area contributed by atoms with Crippen molar-refractivity contribution in [3.63, 3.8) is 0 Å². The van der Waals surface area contributed by atoms with Gasteiger partial charge in [-0.1, -0.05) is 30.7 Å². The summed E-state index contributed by atoms with van der Waals surface area (Å²) in [6, 6.07) is 13.0. The lowest BCUT2D eigenvalue weighted by atomic mass is 10.1. The van der Waals surface area contributed by atoms with Crippen LogP contribution in [0, 0.1) is 13.8 Å². The average Bonchev–Trinajstić information content (AvgIpc) is 2.59. The molecular formula is C20H23NO3. The fourth-order valence-corrected chi connectivity index (χ4v) is 2.38. The van der Waals surface area contributed by atoms with Gasteiger partial charge >= 0.3 is 0 Å². The third-order valence-corrected chi connectivity index (χ3v) is 3.84. The minimum Gasteiger partial charge on any atom is -0.484 e. The molecule has 0 radical (unpaired) electrons. The number of carbonyl (C=O) groups excluding carboxylic acids is 2. The Hall–Kier alpha value is -2.62. The lowest BCUT2D eigenvalue weighted by molar-refractivity contribution is -0.123. The summed E-state index contributed by atoms with van der Waals surface area (Å²) in [5.41, 5.74) is 4.11. The Morgan fingerprint density at radius 3 is 2.38 bits per heavy atom. The molecule has 0 spiro atoms. The van der Waals surface area contributed by atoms with E-state index >= 15 is 0 Å². The molecule has 0 saturated heterocycles.